The third-order valence-electron chi connectivity index (χ3n) is 12.8. The first kappa shape index (κ1) is 42.8. The highest BCUT2D eigenvalue weighted by Crippen LogP contribution is 2.33. The van der Waals surface area contributed by atoms with Gasteiger partial charge in [0.15, 0.2) is 5.78 Å². The largest absolute Gasteiger partial charge is 0.457 e. The van der Waals surface area contributed by atoms with E-state index in [-0.39, 0.29) is 46.6 Å². The molecule has 16 heteroatoms. The van der Waals surface area contributed by atoms with Gasteiger partial charge in [0.05, 0.1) is 32.8 Å². The molecule has 2 atom stereocenters. The molecule has 9 rings (SSSR count). The number of ketones is 1. The second-order valence-corrected chi connectivity index (χ2v) is 17.4. The first-order valence-electron chi connectivity index (χ1n) is 22.1. The van der Waals surface area contributed by atoms with Crippen LogP contribution in [0.5, 0.6) is 11.5 Å². The number of imide groups is 2. The van der Waals surface area contributed by atoms with Crippen molar-refractivity contribution in [2.75, 3.05) is 50.7 Å². The fourth-order valence-corrected chi connectivity index (χ4v) is 9.69. The number of benzene rings is 3. The topological polar surface area (TPSA) is 178 Å². The summed E-state index contributed by atoms with van der Waals surface area (Å²) < 4.78 is 5.91. The lowest BCUT2D eigenvalue weighted by Crippen LogP contribution is -2.54. The normalized spacial score (nSPS) is 19.3. The Morgan fingerprint density at radius 3 is 2.42 bits per heavy atom. The van der Waals surface area contributed by atoms with Crippen molar-refractivity contribution >= 4 is 63.6 Å². The SMILES string of the molecule is O=C1CC[C@H](N2C(=O)c3ccc(N4CCN(CCCCCC(=O)N5CCC[C@@H](Cc6ncnc7[nH]cc(C(=O)c8ccc(Oc9ccccc9)cc8Cl)c67)C5)CC4)cc3C2=O)C(=O)N1. The lowest BCUT2D eigenvalue weighted by Gasteiger charge is -2.36. The maximum absolute atomic E-state index is 13.9. The number of carbonyl (C=O) groups is 6. The molecular weight excluding hydrogens is 836 g/mol. The zero-order chi connectivity index (χ0) is 44.3. The summed E-state index contributed by atoms with van der Waals surface area (Å²) in [7, 11) is 0. The van der Waals surface area contributed by atoms with E-state index in [1.807, 2.05) is 41.3 Å². The molecule has 330 valence electrons. The van der Waals surface area contributed by atoms with Crippen molar-refractivity contribution in [2.24, 2.45) is 5.92 Å². The summed E-state index contributed by atoms with van der Waals surface area (Å²) in [6.07, 6.45) is 9.12. The Balaban J connectivity index is 0.723. The number of ether oxygens (including phenoxy) is 1. The molecule has 3 aromatic carbocycles. The molecular formula is C48H49ClN8O7. The van der Waals surface area contributed by atoms with Gasteiger partial charge in [-0.15, -0.1) is 0 Å². The molecule has 3 fully saturated rings. The number of piperidine rings is 2. The van der Waals surface area contributed by atoms with Crippen LogP contribution in [-0.4, -0.2) is 117 Å². The van der Waals surface area contributed by atoms with Crippen LogP contribution in [-0.2, 0) is 20.8 Å². The van der Waals surface area contributed by atoms with Gasteiger partial charge in [-0.3, -0.25) is 43.9 Å². The molecule has 64 heavy (non-hydrogen) atoms. The van der Waals surface area contributed by atoms with Gasteiger partial charge in [-0.1, -0.05) is 36.2 Å². The molecule has 0 aliphatic carbocycles. The second-order valence-electron chi connectivity index (χ2n) is 17.0. The molecule has 6 heterocycles. The number of para-hydroxylation sites is 1. The van der Waals surface area contributed by atoms with Crippen LogP contribution in [0, 0.1) is 5.92 Å². The van der Waals surface area contributed by atoms with Crippen molar-refractivity contribution in [2.45, 2.75) is 63.8 Å². The number of anilines is 1. The smallest absolute Gasteiger partial charge is 0.262 e. The van der Waals surface area contributed by atoms with Gasteiger partial charge in [0.1, 0.15) is 29.5 Å². The summed E-state index contributed by atoms with van der Waals surface area (Å²) in [5.41, 5.74) is 3.58. The summed E-state index contributed by atoms with van der Waals surface area (Å²) >= 11 is 6.64. The molecule has 4 aliphatic rings. The van der Waals surface area contributed by atoms with Gasteiger partial charge in [-0.05, 0) is 93.5 Å². The number of carbonyl (C=O) groups excluding carboxylic acids is 6. The highest BCUT2D eigenvalue weighted by Gasteiger charge is 2.45. The van der Waals surface area contributed by atoms with Crippen LogP contribution >= 0.6 is 11.6 Å². The Morgan fingerprint density at radius 2 is 1.62 bits per heavy atom. The van der Waals surface area contributed by atoms with Crippen molar-refractivity contribution in [3.05, 3.63) is 112 Å². The fourth-order valence-electron chi connectivity index (χ4n) is 9.44. The van der Waals surface area contributed by atoms with E-state index in [0.29, 0.717) is 53.0 Å². The summed E-state index contributed by atoms with van der Waals surface area (Å²) in [6.45, 7) is 5.55. The Labute approximate surface area is 375 Å². The van der Waals surface area contributed by atoms with Gasteiger partial charge in [0.2, 0.25) is 17.7 Å². The number of aromatic nitrogens is 3. The molecule has 2 N–H and O–H groups in total. The number of halogens is 1. The van der Waals surface area contributed by atoms with Gasteiger partial charge < -0.3 is 19.5 Å². The molecule has 4 aliphatic heterocycles. The van der Waals surface area contributed by atoms with Gasteiger partial charge >= 0.3 is 0 Å². The number of likely N-dealkylation sites (tertiary alicyclic amines) is 1. The minimum atomic E-state index is -0.987. The van der Waals surface area contributed by atoms with Gasteiger partial charge in [-0.2, -0.15) is 0 Å². The summed E-state index contributed by atoms with van der Waals surface area (Å²) in [6, 6.07) is 18.7. The number of rotatable bonds is 14. The zero-order valence-electron chi connectivity index (χ0n) is 35.4. The van der Waals surface area contributed by atoms with Crippen LogP contribution in [0.3, 0.4) is 0 Å². The van der Waals surface area contributed by atoms with E-state index < -0.39 is 29.7 Å². The highest BCUT2D eigenvalue weighted by atomic mass is 35.5. The lowest BCUT2D eigenvalue weighted by atomic mass is 9.91. The number of nitrogens with zero attached hydrogens (tertiary/aromatic N) is 6. The number of nitrogens with one attached hydrogen (secondary N) is 2. The molecule has 0 unspecified atom stereocenters. The van der Waals surface area contributed by atoms with E-state index in [9.17, 15) is 28.8 Å². The summed E-state index contributed by atoms with van der Waals surface area (Å²) in [5, 5.41) is 3.19. The summed E-state index contributed by atoms with van der Waals surface area (Å²) in [5.74, 6) is -0.705. The van der Waals surface area contributed by atoms with Crippen molar-refractivity contribution in [1.82, 2.24) is 35.0 Å². The number of hydrogen-bond acceptors (Lipinski definition) is 11. The second kappa shape index (κ2) is 18.7. The predicted molar refractivity (Wildman–Crippen MR) is 239 cm³/mol. The van der Waals surface area contributed by atoms with E-state index in [4.69, 9.17) is 16.3 Å². The molecule has 0 radical (unpaired) electrons. The monoisotopic (exact) mass is 884 g/mol. The van der Waals surface area contributed by atoms with Crippen molar-refractivity contribution in [3.63, 3.8) is 0 Å². The molecule has 3 saturated heterocycles. The van der Waals surface area contributed by atoms with Gasteiger partial charge in [0, 0.05) is 75.6 Å². The lowest BCUT2D eigenvalue weighted by molar-refractivity contribution is -0.136. The fraction of sp³-hybridized carbons (Fsp3) is 0.375. The van der Waals surface area contributed by atoms with Crippen LogP contribution in [0.4, 0.5) is 5.69 Å². The van der Waals surface area contributed by atoms with E-state index in [2.05, 4.69) is 30.1 Å². The van der Waals surface area contributed by atoms with Gasteiger partial charge in [-0.25, -0.2) is 9.97 Å². The maximum atomic E-state index is 13.9. The van der Waals surface area contributed by atoms with Crippen LogP contribution in [0.15, 0.2) is 79.3 Å². The number of unbranched alkanes of at least 4 members (excludes halogenated alkanes) is 2. The molecule has 15 nitrogen and oxygen atoms in total. The third kappa shape index (κ3) is 9.00. The number of hydrogen-bond donors (Lipinski definition) is 2. The first-order chi connectivity index (χ1) is 31.1. The minimum Gasteiger partial charge on any atom is -0.457 e. The maximum Gasteiger partial charge on any atom is 0.262 e. The Morgan fingerprint density at radius 1 is 0.812 bits per heavy atom. The van der Waals surface area contributed by atoms with E-state index >= 15 is 0 Å². The van der Waals surface area contributed by atoms with E-state index in [1.165, 1.54) is 6.33 Å². The predicted octanol–water partition coefficient (Wildman–Crippen LogP) is 6.20. The van der Waals surface area contributed by atoms with Crippen LogP contribution < -0.4 is 15.0 Å². The number of piperazine rings is 1. The van der Waals surface area contributed by atoms with Crippen molar-refractivity contribution in [3.8, 4) is 11.5 Å². The standard InChI is InChI=1S/C48H49ClN8O7/c49-38-26-33(64-32-9-3-1-4-10-32)13-15-35(38)44(60)37-27-50-45-43(37)39(51-29-52-45)24-30-8-7-19-56(28-30)42(59)11-5-2-6-18-54-20-22-55(23-21-54)31-12-14-34-36(25-31)48(63)57(47(34)62)40-16-17-41(58)53-46(40)61/h1,3-4,9-10,12-15,25-27,29-30,40H,2,5-8,11,16-24,28H2,(H,50,51,52)(H,53,58,61)/t30-,40-/m0/s1. The molecule has 0 spiro atoms. The molecule has 2 aromatic heterocycles. The Hall–Kier alpha value is -6.45. The third-order valence-corrected chi connectivity index (χ3v) is 13.1. The highest BCUT2D eigenvalue weighted by molar-refractivity contribution is 6.35. The number of fused-ring (bicyclic) bond motifs is 2. The first-order valence-corrected chi connectivity index (χ1v) is 22.5. The Bertz CT molecular complexity index is 2630. The van der Waals surface area contributed by atoms with Crippen LogP contribution in [0.2, 0.25) is 5.02 Å². The number of H-pyrrole nitrogens is 1. The Kier molecular flexibility index (Phi) is 12.5. The van der Waals surface area contributed by atoms with E-state index in [1.54, 1.807) is 36.5 Å². The van der Waals surface area contributed by atoms with Crippen molar-refractivity contribution < 1.29 is 33.5 Å². The summed E-state index contributed by atoms with van der Waals surface area (Å²) in [4.78, 5) is 97.7. The molecule has 0 saturated carbocycles. The number of amides is 5. The average Bonchev–Trinajstić information content (AvgIpc) is 3.85. The van der Waals surface area contributed by atoms with E-state index in [0.717, 1.165) is 87.7 Å². The van der Waals surface area contributed by atoms with Gasteiger partial charge in [0.25, 0.3) is 11.8 Å². The molecule has 0 bridgehead atoms. The number of aromatic amines is 1. The quantitative estimate of drug-likeness (QED) is 0.0738. The molecule has 5 aromatic rings. The van der Waals surface area contributed by atoms with Crippen LogP contribution in [0.1, 0.15) is 93.7 Å². The minimum absolute atomic E-state index is 0.0808. The average molecular weight is 885 g/mol. The van der Waals surface area contributed by atoms with Crippen molar-refractivity contribution in [1.29, 1.82) is 0 Å². The van der Waals surface area contributed by atoms with Crippen LogP contribution in [0.25, 0.3) is 11.0 Å². The molecule has 5 amide bonds. The zero-order valence-corrected chi connectivity index (χ0v) is 36.1.